The first-order valence-corrected chi connectivity index (χ1v) is 7.21. The van der Waals surface area contributed by atoms with Crippen molar-refractivity contribution in [3.05, 3.63) is 41.7 Å². The smallest absolute Gasteiger partial charge is 0.243 e. The predicted octanol–water partition coefficient (Wildman–Crippen LogP) is 2.17. The van der Waals surface area contributed by atoms with Gasteiger partial charge in [0.15, 0.2) is 5.65 Å². The van der Waals surface area contributed by atoms with E-state index in [1.54, 1.807) is 14.1 Å². The Morgan fingerprint density at radius 1 is 1.21 bits per heavy atom. The van der Waals surface area contributed by atoms with Crippen molar-refractivity contribution in [2.45, 2.75) is 13.5 Å². The molecule has 0 atom stereocenters. The minimum Gasteiger partial charge on any atom is -0.347 e. The Balaban J connectivity index is 2.06. The summed E-state index contributed by atoms with van der Waals surface area (Å²) in [5.74, 6) is -1.45. The fourth-order valence-electron chi connectivity index (χ4n) is 2.17. The molecule has 2 heterocycles. The van der Waals surface area contributed by atoms with Gasteiger partial charge in [0.25, 0.3) is 0 Å². The number of hydrogen-bond acceptors (Lipinski definition) is 4. The number of carbonyl (C=O) groups is 1. The van der Waals surface area contributed by atoms with Crippen LogP contribution in [0.5, 0.6) is 0 Å². The molecule has 0 saturated heterocycles. The molecule has 0 aliphatic carbocycles. The van der Waals surface area contributed by atoms with Crippen molar-refractivity contribution in [3.63, 3.8) is 0 Å². The van der Waals surface area contributed by atoms with E-state index in [0.29, 0.717) is 16.9 Å². The highest BCUT2D eigenvalue weighted by Crippen LogP contribution is 2.23. The fourth-order valence-corrected chi connectivity index (χ4v) is 2.17. The number of carbonyl (C=O) groups excluding carboxylic acids is 1. The molecule has 124 valence electrons. The molecular weight excluding hydrogens is 316 g/mol. The Morgan fingerprint density at radius 3 is 2.50 bits per heavy atom. The zero-order valence-electron chi connectivity index (χ0n) is 13.4. The Bertz CT molecular complexity index is 912. The average molecular weight is 331 g/mol. The van der Waals surface area contributed by atoms with Crippen molar-refractivity contribution in [1.29, 1.82) is 0 Å². The highest BCUT2D eigenvalue weighted by Gasteiger charge is 2.14. The molecule has 0 N–H and O–H groups in total. The van der Waals surface area contributed by atoms with Crippen LogP contribution in [-0.4, -0.2) is 44.7 Å². The van der Waals surface area contributed by atoms with E-state index in [2.05, 4.69) is 15.1 Å². The summed E-state index contributed by atoms with van der Waals surface area (Å²) in [6.45, 7) is 1.37. The van der Waals surface area contributed by atoms with E-state index >= 15 is 0 Å². The molecule has 6 nitrogen and oxygen atoms in total. The third-order valence-electron chi connectivity index (χ3n) is 3.71. The third kappa shape index (κ3) is 2.82. The number of likely N-dealkylation sites (N-methyl/N-ethyl adjacent to an activating group) is 1. The minimum absolute atomic E-state index is 0.00521. The number of rotatable bonds is 3. The van der Waals surface area contributed by atoms with Crippen molar-refractivity contribution in [1.82, 2.24) is 24.6 Å². The molecule has 0 fully saturated rings. The van der Waals surface area contributed by atoms with Gasteiger partial charge in [-0.2, -0.15) is 5.10 Å². The first kappa shape index (κ1) is 16.0. The van der Waals surface area contributed by atoms with Crippen molar-refractivity contribution in [2.75, 3.05) is 14.1 Å². The van der Waals surface area contributed by atoms with E-state index < -0.39 is 11.6 Å². The Hall–Kier alpha value is -2.90. The summed E-state index contributed by atoms with van der Waals surface area (Å²) >= 11 is 0. The molecule has 0 radical (unpaired) electrons. The van der Waals surface area contributed by atoms with E-state index in [-0.39, 0.29) is 23.6 Å². The predicted molar refractivity (Wildman–Crippen MR) is 84.1 cm³/mol. The number of nitrogens with zero attached hydrogens (tertiary/aromatic N) is 5. The highest BCUT2D eigenvalue weighted by molar-refractivity contribution is 5.79. The van der Waals surface area contributed by atoms with Crippen LogP contribution in [0.4, 0.5) is 8.78 Å². The van der Waals surface area contributed by atoms with Crippen LogP contribution in [0.1, 0.15) is 5.56 Å². The summed E-state index contributed by atoms with van der Waals surface area (Å²) in [5.41, 5.74) is 1.41. The summed E-state index contributed by atoms with van der Waals surface area (Å²) in [4.78, 5) is 21.9. The van der Waals surface area contributed by atoms with E-state index in [4.69, 9.17) is 0 Å². The Morgan fingerprint density at radius 2 is 1.88 bits per heavy atom. The third-order valence-corrected chi connectivity index (χ3v) is 3.71. The van der Waals surface area contributed by atoms with Crippen molar-refractivity contribution < 1.29 is 13.6 Å². The molecule has 24 heavy (non-hydrogen) atoms. The summed E-state index contributed by atoms with van der Waals surface area (Å²) in [6, 6.07) is 2.42. The SMILES string of the molecule is Cc1c(F)cc(-c2cnc3cnn(CC(=O)N(C)C)c3n2)cc1F. The van der Waals surface area contributed by atoms with Gasteiger partial charge >= 0.3 is 0 Å². The van der Waals surface area contributed by atoms with Crippen LogP contribution in [-0.2, 0) is 11.3 Å². The zero-order valence-corrected chi connectivity index (χ0v) is 13.4. The zero-order chi connectivity index (χ0) is 17.4. The fraction of sp³-hybridized carbons (Fsp3) is 0.250. The monoisotopic (exact) mass is 331 g/mol. The Labute approximate surface area is 136 Å². The van der Waals surface area contributed by atoms with Crippen LogP contribution < -0.4 is 0 Å². The van der Waals surface area contributed by atoms with Gasteiger partial charge in [0.2, 0.25) is 5.91 Å². The van der Waals surface area contributed by atoms with Crippen LogP contribution in [0.3, 0.4) is 0 Å². The number of fused-ring (bicyclic) bond motifs is 1. The van der Waals surface area contributed by atoms with Crippen LogP contribution in [0.2, 0.25) is 0 Å². The normalized spacial score (nSPS) is 11.0. The van der Waals surface area contributed by atoms with E-state index in [1.165, 1.54) is 41.0 Å². The molecule has 0 saturated carbocycles. The molecule has 1 amide bonds. The molecule has 2 aromatic heterocycles. The first-order valence-electron chi connectivity index (χ1n) is 7.21. The highest BCUT2D eigenvalue weighted by atomic mass is 19.1. The maximum Gasteiger partial charge on any atom is 0.243 e. The lowest BCUT2D eigenvalue weighted by Gasteiger charge is -2.10. The quantitative estimate of drug-likeness (QED) is 0.738. The second-order valence-electron chi connectivity index (χ2n) is 5.62. The number of hydrogen-bond donors (Lipinski definition) is 0. The molecule has 8 heteroatoms. The van der Waals surface area contributed by atoms with Gasteiger partial charge in [-0.1, -0.05) is 0 Å². The van der Waals surface area contributed by atoms with Crippen LogP contribution in [0.25, 0.3) is 22.4 Å². The van der Waals surface area contributed by atoms with Crippen molar-refractivity contribution in [3.8, 4) is 11.3 Å². The van der Waals surface area contributed by atoms with Crippen LogP contribution >= 0.6 is 0 Å². The average Bonchev–Trinajstić information content (AvgIpc) is 2.94. The van der Waals surface area contributed by atoms with Crippen molar-refractivity contribution >= 4 is 17.1 Å². The van der Waals surface area contributed by atoms with Crippen LogP contribution in [0, 0.1) is 18.6 Å². The summed E-state index contributed by atoms with van der Waals surface area (Å²) in [5, 5.41) is 4.10. The number of aromatic nitrogens is 4. The molecule has 0 spiro atoms. The van der Waals surface area contributed by atoms with Gasteiger partial charge in [0.1, 0.15) is 23.7 Å². The second kappa shape index (κ2) is 5.95. The molecule has 0 unspecified atom stereocenters. The number of halogens is 2. The van der Waals surface area contributed by atoms with Gasteiger partial charge in [-0.3, -0.25) is 4.79 Å². The molecule has 0 aliphatic rings. The summed E-state index contributed by atoms with van der Waals surface area (Å²) in [6.07, 6.45) is 2.91. The van der Waals surface area contributed by atoms with Crippen molar-refractivity contribution in [2.24, 2.45) is 0 Å². The second-order valence-corrected chi connectivity index (χ2v) is 5.62. The van der Waals surface area contributed by atoms with Gasteiger partial charge in [0, 0.05) is 25.2 Å². The lowest BCUT2D eigenvalue weighted by Crippen LogP contribution is -2.26. The number of amides is 1. The van der Waals surface area contributed by atoms with E-state index in [1.807, 2.05) is 0 Å². The maximum atomic E-state index is 13.8. The topological polar surface area (TPSA) is 63.9 Å². The maximum absolute atomic E-state index is 13.8. The number of benzene rings is 1. The van der Waals surface area contributed by atoms with Gasteiger partial charge in [-0.25, -0.2) is 23.4 Å². The van der Waals surface area contributed by atoms with Gasteiger partial charge in [0.05, 0.1) is 18.1 Å². The minimum atomic E-state index is -0.650. The van der Waals surface area contributed by atoms with Gasteiger partial charge < -0.3 is 4.90 Å². The van der Waals surface area contributed by atoms with Crippen LogP contribution in [0.15, 0.2) is 24.5 Å². The van der Waals surface area contributed by atoms with Gasteiger partial charge in [-0.15, -0.1) is 0 Å². The molecule has 1 aromatic carbocycles. The van der Waals surface area contributed by atoms with E-state index in [0.717, 1.165) is 0 Å². The summed E-state index contributed by atoms with van der Waals surface area (Å²) < 4.78 is 28.9. The standard InChI is InChI=1S/C16H15F2N5O/c1-9-11(17)4-10(5-12(9)18)13-6-19-14-7-20-23(16(14)21-13)8-15(24)22(2)3/h4-7H,8H2,1-3H3. The largest absolute Gasteiger partial charge is 0.347 e. The Kier molecular flexibility index (Phi) is 3.96. The first-order chi connectivity index (χ1) is 11.4. The lowest BCUT2D eigenvalue weighted by atomic mass is 10.1. The lowest BCUT2D eigenvalue weighted by molar-refractivity contribution is -0.129. The molecule has 0 aliphatic heterocycles. The van der Waals surface area contributed by atoms with Gasteiger partial charge in [-0.05, 0) is 19.1 Å². The molecule has 3 rings (SSSR count). The molecule has 3 aromatic rings. The summed E-state index contributed by atoms with van der Waals surface area (Å²) in [7, 11) is 3.28. The molecular formula is C16H15F2N5O. The van der Waals surface area contributed by atoms with E-state index in [9.17, 15) is 13.6 Å². The molecule has 0 bridgehead atoms.